The summed E-state index contributed by atoms with van der Waals surface area (Å²) >= 11 is 0. The molecule has 1 heterocycles. The zero-order chi connectivity index (χ0) is 14.8. The number of fused-ring (bicyclic) bond motifs is 1. The van der Waals surface area contributed by atoms with Gasteiger partial charge in [0.15, 0.2) is 5.84 Å². The Morgan fingerprint density at radius 1 is 0.727 bits per heavy atom. The first kappa shape index (κ1) is 13.0. The molecule has 2 aromatic carbocycles. The molecule has 0 amide bonds. The maximum Gasteiger partial charge on any atom is 0.154 e. The van der Waals surface area contributed by atoms with E-state index in [1.165, 1.54) is 11.1 Å². The van der Waals surface area contributed by atoms with E-state index in [0.717, 1.165) is 11.4 Å². The van der Waals surface area contributed by atoms with Gasteiger partial charge in [0.1, 0.15) is 0 Å². The van der Waals surface area contributed by atoms with Crippen molar-refractivity contribution < 1.29 is 0 Å². The van der Waals surface area contributed by atoms with Crippen LogP contribution < -0.4 is 0 Å². The minimum absolute atomic E-state index is 0.179. The van der Waals surface area contributed by atoms with E-state index in [2.05, 4.69) is 77.8 Å². The van der Waals surface area contributed by atoms with Gasteiger partial charge in [-0.3, -0.25) is 4.99 Å². The number of allylic oxidation sites excluding steroid dienone is 2. The molecule has 2 heteroatoms. The molecule has 4 rings (SSSR count). The van der Waals surface area contributed by atoms with Crippen molar-refractivity contribution >= 4 is 12.1 Å². The lowest BCUT2D eigenvalue weighted by Gasteiger charge is -2.21. The van der Waals surface area contributed by atoms with Crippen LogP contribution in [0.1, 0.15) is 5.56 Å². The fourth-order valence-electron chi connectivity index (χ4n) is 2.83. The van der Waals surface area contributed by atoms with Crippen molar-refractivity contribution in [3.8, 4) is 11.1 Å². The first-order chi connectivity index (χ1) is 10.9. The maximum absolute atomic E-state index is 4.79. The quantitative estimate of drug-likeness (QED) is 0.785. The van der Waals surface area contributed by atoms with Crippen LogP contribution in [0.3, 0.4) is 0 Å². The van der Waals surface area contributed by atoms with E-state index in [1.54, 1.807) is 0 Å². The van der Waals surface area contributed by atoms with Gasteiger partial charge in [0.25, 0.3) is 0 Å². The van der Waals surface area contributed by atoms with Gasteiger partial charge in [0.05, 0.1) is 6.04 Å². The topological polar surface area (TPSA) is 24.7 Å². The number of benzene rings is 2. The number of hydrogen-bond donors (Lipinski definition) is 0. The SMILES string of the molecule is C1=CC2C=NC(c3cccc(-c4ccccc4)c3)=NC2C=C1. The Labute approximate surface area is 130 Å². The third-order valence-electron chi connectivity index (χ3n) is 4.02. The van der Waals surface area contributed by atoms with Gasteiger partial charge in [0.2, 0.25) is 0 Å². The fraction of sp³-hybridized carbons (Fsp3) is 0.100. The molecule has 1 aliphatic carbocycles. The highest BCUT2D eigenvalue weighted by Crippen LogP contribution is 2.23. The third-order valence-corrected chi connectivity index (χ3v) is 4.02. The molecule has 2 unspecified atom stereocenters. The fourth-order valence-corrected chi connectivity index (χ4v) is 2.83. The molecule has 0 saturated carbocycles. The molecule has 1 aliphatic heterocycles. The molecule has 0 aromatic heterocycles. The molecule has 2 nitrogen and oxygen atoms in total. The Morgan fingerprint density at radius 2 is 1.50 bits per heavy atom. The zero-order valence-electron chi connectivity index (χ0n) is 12.1. The average molecular weight is 284 g/mol. The van der Waals surface area contributed by atoms with Crippen LogP contribution in [0.25, 0.3) is 11.1 Å². The van der Waals surface area contributed by atoms with Crippen molar-refractivity contribution in [1.82, 2.24) is 0 Å². The molecule has 2 aromatic rings. The predicted molar refractivity (Wildman–Crippen MR) is 92.5 cm³/mol. The second-order valence-electron chi connectivity index (χ2n) is 5.52. The van der Waals surface area contributed by atoms with Crippen LogP contribution in [0.2, 0.25) is 0 Å². The molecule has 0 radical (unpaired) electrons. The average Bonchev–Trinajstić information content (AvgIpc) is 2.62. The second kappa shape index (κ2) is 5.57. The summed E-state index contributed by atoms with van der Waals surface area (Å²) < 4.78 is 0. The summed E-state index contributed by atoms with van der Waals surface area (Å²) in [6.07, 6.45) is 10.4. The summed E-state index contributed by atoms with van der Waals surface area (Å²) in [6.45, 7) is 0. The lowest BCUT2D eigenvalue weighted by Crippen LogP contribution is -2.24. The highest BCUT2D eigenvalue weighted by molar-refractivity contribution is 6.05. The van der Waals surface area contributed by atoms with Gasteiger partial charge < -0.3 is 0 Å². The summed E-state index contributed by atoms with van der Waals surface area (Å²) in [5.41, 5.74) is 3.47. The van der Waals surface area contributed by atoms with Crippen LogP contribution in [0.15, 0.2) is 88.9 Å². The van der Waals surface area contributed by atoms with Crippen molar-refractivity contribution in [2.45, 2.75) is 6.04 Å². The van der Waals surface area contributed by atoms with E-state index >= 15 is 0 Å². The van der Waals surface area contributed by atoms with Crippen LogP contribution >= 0.6 is 0 Å². The van der Waals surface area contributed by atoms with Gasteiger partial charge in [-0.15, -0.1) is 0 Å². The smallest absolute Gasteiger partial charge is 0.154 e. The summed E-state index contributed by atoms with van der Waals surface area (Å²) in [5.74, 6) is 1.12. The Kier molecular flexibility index (Phi) is 3.28. The van der Waals surface area contributed by atoms with Crippen LogP contribution in [0, 0.1) is 5.92 Å². The number of nitrogens with zero attached hydrogens (tertiary/aromatic N) is 2. The standard InChI is InChI=1S/C20H16N2/c1-2-7-15(8-3-1)16-10-6-11-17(13-16)20-21-14-18-9-4-5-12-19(18)22-20/h1-14,18-19H. The van der Waals surface area contributed by atoms with Gasteiger partial charge in [-0.25, -0.2) is 4.99 Å². The largest absolute Gasteiger partial charge is 0.258 e. The summed E-state index contributed by atoms with van der Waals surface area (Å²) in [4.78, 5) is 9.35. The first-order valence-electron chi connectivity index (χ1n) is 7.53. The van der Waals surface area contributed by atoms with Crippen molar-refractivity contribution in [3.63, 3.8) is 0 Å². The summed E-state index contributed by atoms with van der Waals surface area (Å²) in [7, 11) is 0. The Morgan fingerprint density at radius 3 is 2.41 bits per heavy atom. The van der Waals surface area contributed by atoms with Gasteiger partial charge in [-0.1, -0.05) is 72.8 Å². The minimum Gasteiger partial charge on any atom is -0.258 e. The molecule has 106 valence electrons. The lowest BCUT2D eigenvalue weighted by molar-refractivity contribution is 0.721. The molecule has 0 N–H and O–H groups in total. The normalized spacial score (nSPS) is 22.3. The molecule has 22 heavy (non-hydrogen) atoms. The van der Waals surface area contributed by atoms with E-state index in [0.29, 0.717) is 5.92 Å². The van der Waals surface area contributed by atoms with E-state index in [-0.39, 0.29) is 6.04 Å². The van der Waals surface area contributed by atoms with Crippen LogP contribution in [-0.4, -0.2) is 18.1 Å². The Hall–Kier alpha value is -2.74. The number of amidine groups is 1. The van der Waals surface area contributed by atoms with Gasteiger partial charge in [-0.2, -0.15) is 0 Å². The molecule has 0 fully saturated rings. The van der Waals surface area contributed by atoms with Gasteiger partial charge >= 0.3 is 0 Å². The highest BCUT2D eigenvalue weighted by atomic mass is 15.0. The minimum atomic E-state index is 0.179. The van der Waals surface area contributed by atoms with Gasteiger partial charge in [0, 0.05) is 17.7 Å². The number of aliphatic imine (C=N–C) groups is 2. The van der Waals surface area contributed by atoms with Crippen LogP contribution in [-0.2, 0) is 0 Å². The second-order valence-corrected chi connectivity index (χ2v) is 5.52. The summed E-state index contributed by atoms with van der Waals surface area (Å²) in [6, 6.07) is 19.0. The molecular formula is C20H16N2. The Bertz CT molecular complexity index is 797. The number of rotatable bonds is 2. The first-order valence-corrected chi connectivity index (χ1v) is 7.53. The van der Waals surface area contributed by atoms with Crippen molar-refractivity contribution in [2.75, 3.05) is 0 Å². The van der Waals surface area contributed by atoms with Gasteiger partial charge in [-0.05, 0) is 17.2 Å². The van der Waals surface area contributed by atoms with Crippen LogP contribution in [0.4, 0.5) is 0 Å². The van der Waals surface area contributed by atoms with E-state index in [9.17, 15) is 0 Å². The predicted octanol–water partition coefficient (Wildman–Crippen LogP) is 4.30. The van der Waals surface area contributed by atoms with E-state index in [1.807, 2.05) is 12.3 Å². The van der Waals surface area contributed by atoms with E-state index < -0.39 is 0 Å². The lowest BCUT2D eigenvalue weighted by atomic mass is 9.95. The Balaban J connectivity index is 1.69. The molecule has 2 atom stereocenters. The van der Waals surface area contributed by atoms with Crippen molar-refractivity contribution in [3.05, 3.63) is 84.5 Å². The molecular weight excluding hydrogens is 268 g/mol. The van der Waals surface area contributed by atoms with E-state index in [4.69, 9.17) is 4.99 Å². The highest BCUT2D eigenvalue weighted by Gasteiger charge is 2.21. The van der Waals surface area contributed by atoms with Crippen molar-refractivity contribution in [1.29, 1.82) is 0 Å². The van der Waals surface area contributed by atoms with Crippen LogP contribution in [0.5, 0.6) is 0 Å². The molecule has 0 spiro atoms. The van der Waals surface area contributed by atoms with Crippen molar-refractivity contribution in [2.24, 2.45) is 15.9 Å². The zero-order valence-corrected chi connectivity index (χ0v) is 12.1. The summed E-state index contributed by atoms with van der Waals surface area (Å²) in [5, 5.41) is 0. The molecule has 0 saturated heterocycles. The third kappa shape index (κ3) is 2.44. The number of hydrogen-bond acceptors (Lipinski definition) is 2. The monoisotopic (exact) mass is 284 g/mol. The molecule has 0 bridgehead atoms. The maximum atomic E-state index is 4.79. The molecule has 2 aliphatic rings.